The lowest BCUT2D eigenvalue weighted by atomic mass is 10.2. The molecule has 0 fully saturated rings. The molecule has 1 aromatic carbocycles. The van der Waals surface area contributed by atoms with Crippen LogP contribution in [0, 0.1) is 6.92 Å². The molecule has 0 unspecified atom stereocenters. The number of aromatic nitrogens is 1. The Hall–Kier alpha value is -1.94. The Morgan fingerprint density at radius 1 is 1.38 bits per heavy atom. The second-order valence-corrected chi connectivity index (χ2v) is 8.11. The van der Waals surface area contributed by atoms with Crippen molar-refractivity contribution < 1.29 is 17.9 Å². The van der Waals surface area contributed by atoms with Gasteiger partial charge in [0.15, 0.2) is 5.58 Å². The summed E-state index contributed by atoms with van der Waals surface area (Å²) in [6.07, 6.45) is -0.915. The van der Waals surface area contributed by atoms with Gasteiger partial charge in [-0.3, -0.25) is 4.57 Å². The molecule has 1 atom stereocenters. The van der Waals surface area contributed by atoms with Gasteiger partial charge in [0.2, 0.25) is 10.0 Å². The number of thiophene rings is 1. The third kappa shape index (κ3) is 3.03. The van der Waals surface area contributed by atoms with Crippen molar-refractivity contribution in [2.45, 2.75) is 17.9 Å². The fraction of sp³-hybridized carbons (Fsp3) is 0.267. The standard InChI is InChI=1S/C15H16N2O5S2/c1-9-5-6-23-14(9)12(18)8-16-24(20,21)10-3-4-13-11(7-10)17(2)15(19)22-13/h3-7,12,16,18H,8H2,1-2H3/t12-/m0/s1. The second-order valence-electron chi connectivity index (χ2n) is 5.39. The summed E-state index contributed by atoms with van der Waals surface area (Å²) in [5, 5.41) is 12.0. The molecule has 0 aliphatic carbocycles. The Kier molecular flexibility index (Phi) is 4.35. The molecule has 0 amide bonds. The minimum Gasteiger partial charge on any atom is -0.408 e. The number of oxazole rings is 1. The third-order valence-corrected chi connectivity index (χ3v) is 6.29. The van der Waals surface area contributed by atoms with Crippen molar-refractivity contribution in [3.63, 3.8) is 0 Å². The Morgan fingerprint density at radius 3 is 2.79 bits per heavy atom. The number of aliphatic hydroxyl groups excluding tert-OH is 1. The Bertz CT molecular complexity index is 1050. The number of aliphatic hydroxyl groups is 1. The molecule has 0 bridgehead atoms. The maximum absolute atomic E-state index is 12.4. The van der Waals surface area contributed by atoms with Crippen LogP contribution >= 0.6 is 11.3 Å². The number of aryl methyl sites for hydroxylation is 2. The van der Waals surface area contributed by atoms with Crippen molar-refractivity contribution in [2.24, 2.45) is 7.05 Å². The number of hydrogen-bond donors (Lipinski definition) is 2. The summed E-state index contributed by atoms with van der Waals surface area (Å²) in [6.45, 7) is 1.73. The highest BCUT2D eigenvalue weighted by atomic mass is 32.2. The average molecular weight is 368 g/mol. The van der Waals surface area contributed by atoms with E-state index in [9.17, 15) is 18.3 Å². The smallest absolute Gasteiger partial charge is 0.408 e. The quantitative estimate of drug-likeness (QED) is 0.711. The summed E-state index contributed by atoms with van der Waals surface area (Å²) in [4.78, 5) is 12.2. The van der Waals surface area contributed by atoms with Gasteiger partial charge in [-0.2, -0.15) is 0 Å². The molecule has 2 heterocycles. The zero-order valence-electron chi connectivity index (χ0n) is 13.0. The average Bonchev–Trinajstić information content (AvgIpc) is 3.09. The second kappa shape index (κ2) is 6.17. The van der Waals surface area contributed by atoms with Crippen LogP contribution in [0.5, 0.6) is 0 Å². The molecule has 128 valence electrons. The number of hydrogen-bond acceptors (Lipinski definition) is 6. The van der Waals surface area contributed by atoms with Crippen LogP contribution in [0.1, 0.15) is 16.5 Å². The molecule has 2 aromatic heterocycles. The fourth-order valence-corrected chi connectivity index (χ4v) is 4.34. The highest BCUT2D eigenvalue weighted by molar-refractivity contribution is 7.89. The van der Waals surface area contributed by atoms with Gasteiger partial charge in [0.05, 0.1) is 10.4 Å². The van der Waals surface area contributed by atoms with E-state index >= 15 is 0 Å². The van der Waals surface area contributed by atoms with Crippen LogP contribution in [0.15, 0.2) is 43.8 Å². The number of benzene rings is 1. The Labute approximate surface area is 142 Å². The van der Waals surface area contributed by atoms with Crippen LogP contribution in [0.4, 0.5) is 0 Å². The van der Waals surface area contributed by atoms with Gasteiger partial charge in [0.25, 0.3) is 0 Å². The molecule has 0 saturated heterocycles. The van der Waals surface area contributed by atoms with Gasteiger partial charge in [-0.25, -0.2) is 17.9 Å². The van der Waals surface area contributed by atoms with E-state index in [1.165, 1.54) is 41.2 Å². The monoisotopic (exact) mass is 368 g/mol. The Morgan fingerprint density at radius 2 is 2.12 bits per heavy atom. The van der Waals surface area contributed by atoms with Crippen molar-refractivity contribution in [1.82, 2.24) is 9.29 Å². The third-order valence-electron chi connectivity index (χ3n) is 3.74. The van der Waals surface area contributed by atoms with Gasteiger partial charge in [0.1, 0.15) is 6.10 Å². The van der Waals surface area contributed by atoms with Gasteiger partial charge in [-0.1, -0.05) is 0 Å². The Balaban J connectivity index is 1.84. The minimum absolute atomic E-state index is 0.00139. The predicted octanol–water partition coefficient (Wildman–Crippen LogP) is 1.51. The summed E-state index contributed by atoms with van der Waals surface area (Å²) < 4.78 is 33.4. The van der Waals surface area contributed by atoms with Crippen LogP contribution in [-0.2, 0) is 17.1 Å². The number of sulfonamides is 1. The maximum Gasteiger partial charge on any atom is 0.419 e. The van der Waals surface area contributed by atoms with Crippen LogP contribution in [0.3, 0.4) is 0 Å². The van der Waals surface area contributed by atoms with E-state index in [0.717, 1.165) is 10.4 Å². The molecule has 3 aromatic rings. The van der Waals surface area contributed by atoms with Crippen molar-refractivity contribution in [3.05, 3.63) is 50.6 Å². The van der Waals surface area contributed by atoms with Crippen molar-refractivity contribution in [2.75, 3.05) is 6.54 Å². The summed E-state index contributed by atoms with van der Waals surface area (Å²) in [5.74, 6) is -0.559. The van der Waals surface area contributed by atoms with E-state index in [2.05, 4.69) is 4.72 Å². The molecule has 0 aliphatic heterocycles. The molecule has 2 N–H and O–H groups in total. The zero-order valence-corrected chi connectivity index (χ0v) is 14.6. The number of fused-ring (bicyclic) bond motifs is 1. The minimum atomic E-state index is -3.82. The summed E-state index contributed by atoms with van der Waals surface area (Å²) >= 11 is 1.38. The van der Waals surface area contributed by atoms with Gasteiger partial charge in [-0.15, -0.1) is 11.3 Å². The van der Waals surface area contributed by atoms with E-state index in [0.29, 0.717) is 11.1 Å². The highest BCUT2D eigenvalue weighted by Crippen LogP contribution is 2.24. The number of rotatable bonds is 5. The molecule has 3 rings (SSSR count). The van der Waals surface area contributed by atoms with E-state index < -0.39 is 21.9 Å². The first-order valence-electron chi connectivity index (χ1n) is 7.11. The van der Waals surface area contributed by atoms with Crippen molar-refractivity contribution >= 4 is 32.5 Å². The van der Waals surface area contributed by atoms with Crippen molar-refractivity contribution in [3.8, 4) is 0 Å². The maximum atomic E-state index is 12.4. The van der Waals surface area contributed by atoms with E-state index in [1.54, 1.807) is 0 Å². The van der Waals surface area contributed by atoms with Gasteiger partial charge < -0.3 is 9.52 Å². The number of nitrogens with one attached hydrogen (secondary N) is 1. The zero-order chi connectivity index (χ0) is 17.5. The van der Waals surface area contributed by atoms with Gasteiger partial charge in [0, 0.05) is 18.5 Å². The predicted molar refractivity (Wildman–Crippen MR) is 90.7 cm³/mol. The normalized spacial score (nSPS) is 13.5. The first-order chi connectivity index (χ1) is 11.3. The molecule has 7 nitrogen and oxygen atoms in total. The van der Waals surface area contributed by atoms with Crippen LogP contribution in [0.2, 0.25) is 0 Å². The molecule has 0 radical (unpaired) electrons. The van der Waals surface area contributed by atoms with Crippen molar-refractivity contribution in [1.29, 1.82) is 0 Å². The fourth-order valence-electron chi connectivity index (χ4n) is 2.36. The molecule has 24 heavy (non-hydrogen) atoms. The SMILES string of the molecule is Cc1ccsc1[C@@H](O)CNS(=O)(=O)c1ccc2oc(=O)n(C)c2c1. The summed E-state index contributed by atoms with van der Waals surface area (Å²) in [5.41, 5.74) is 1.62. The van der Waals surface area contributed by atoms with E-state index in [1.807, 2.05) is 18.4 Å². The van der Waals surface area contributed by atoms with Gasteiger partial charge in [-0.05, 0) is 42.1 Å². The lowest BCUT2D eigenvalue weighted by Crippen LogP contribution is -2.28. The molecule has 0 spiro atoms. The first-order valence-corrected chi connectivity index (χ1v) is 9.47. The molecule has 0 aliphatic rings. The lowest BCUT2D eigenvalue weighted by molar-refractivity contribution is 0.185. The molecule has 0 saturated carbocycles. The largest absolute Gasteiger partial charge is 0.419 e. The highest BCUT2D eigenvalue weighted by Gasteiger charge is 2.20. The molecular formula is C15H16N2O5S2. The topological polar surface area (TPSA) is 102 Å². The summed E-state index contributed by atoms with van der Waals surface area (Å²) in [6, 6.07) is 6.03. The van der Waals surface area contributed by atoms with E-state index in [4.69, 9.17) is 4.42 Å². The lowest BCUT2D eigenvalue weighted by Gasteiger charge is -2.12. The number of nitrogens with zero attached hydrogens (tertiary/aromatic N) is 1. The molecular weight excluding hydrogens is 352 g/mol. The first kappa shape index (κ1) is 16.9. The van der Waals surface area contributed by atoms with Crippen LogP contribution < -0.4 is 10.5 Å². The van der Waals surface area contributed by atoms with Crippen LogP contribution in [0.25, 0.3) is 11.1 Å². The van der Waals surface area contributed by atoms with Crippen LogP contribution in [-0.4, -0.2) is 24.6 Å². The molecule has 9 heteroatoms. The van der Waals surface area contributed by atoms with E-state index in [-0.39, 0.29) is 11.4 Å². The van der Waals surface area contributed by atoms with Gasteiger partial charge >= 0.3 is 5.76 Å². The summed E-state index contributed by atoms with van der Waals surface area (Å²) in [7, 11) is -2.32.